The molecule has 0 saturated heterocycles. The van der Waals surface area contributed by atoms with Gasteiger partial charge in [0.05, 0.1) is 16.7 Å². The van der Waals surface area contributed by atoms with Crippen molar-refractivity contribution in [3.63, 3.8) is 0 Å². The fourth-order valence-corrected chi connectivity index (χ4v) is 2.36. The van der Waals surface area contributed by atoms with Crippen LogP contribution < -0.4 is 5.32 Å². The molecule has 0 aromatic carbocycles. The first-order valence-corrected chi connectivity index (χ1v) is 6.89. The van der Waals surface area contributed by atoms with Crippen LogP contribution in [0, 0.1) is 19.8 Å². The molecule has 2 aromatic rings. The van der Waals surface area contributed by atoms with Crippen molar-refractivity contribution in [2.24, 2.45) is 5.92 Å². The number of hydrogen-bond acceptors (Lipinski definition) is 6. The van der Waals surface area contributed by atoms with Crippen LogP contribution in [0.3, 0.4) is 0 Å². The lowest BCUT2D eigenvalue weighted by atomic mass is 10.0. The number of aromatic nitrogens is 3. The molecule has 2 aromatic heterocycles. The van der Waals surface area contributed by atoms with Crippen LogP contribution in [0.1, 0.15) is 42.3 Å². The second-order valence-electron chi connectivity index (χ2n) is 4.64. The van der Waals surface area contributed by atoms with Gasteiger partial charge in [-0.05, 0) is 19.8 Å². The van der Waals surface area contributed by atoms with Crippen LogP contribution in [-0.4, -0.2) is 15.1 Å². The molecule has 0 saturated carbocycles. The first kappa shape index (κ1) is 13.2. The molecule has 5 nitrogen and oxygen atoms in total. The first-order chi connectivity index (χ1) is 8.56. The van der Waals surface area contributed by atoms with Crippen molar-refractivity contribution in [1.82, 2.24) is 20.4 Å². The number of rotatable bonds is 5. The van der Waals surface area contributed by atoms with E-state index in [1.54, 1.807) is 11.3 Å². The molecule has 0 aliphatic heterocycles. The topological polar surface area (TPSA) is 63.8 Å². The predicted octanol–water partition coefficient (Wildman–Crippen LogP) is 2.63. The van der Waals surface area contributed by atoms with Gasteiger partial charge in [-0.25, -0.2) is 4.98 Å². The van der Waals surface area contributed by atoms with Crippen LogP contribution in [0.25, 0.3) is 0 Å². The molecule has 2 rings (SSSR count). The van der Waals surface area contributed by atoms with Crippen molar-refractivity contribution in [3.8, 4) is 0 Å². The van der Waals surface area contributed by atoms with E-state index in [1.165, 1.54) is 0 Å². The van der Waals surface area contributed by atoms with E-state index in [1.807, 2.05) is 13.8 Å². The van der Waals surface area contributed by atoms with Gasteiger partial charge in [-0.3, -0.25) is 5.32 Å². The fraction of sp³-hybridized carbons (Fsp3) is 0.583. The molecule has 6 heteroatoms. The van der Waals surface area contributed by atoms with Gasteiger partial charge in [0.25, 0.3) is 0 Å². The minimum Gasteiger partial charge on any atom is -0.338 e. The number of thiazole rings is 1. The summed E-state index contributed by atoms with van der Waals surface area (Å²) in [5.41, 5.74) is 1.05. The minimum atomic E-state index is 0.0632. The van der Waals surface area contributed by atoms with Crippen LogP contribution in [0.15, 0.2) is 9.90 Å². The normalized spacial score (nSPS) is 13.2. The van der Waals surface area contributed by atoms with E-state index >= 15 is 0 Å². The van der Waals surface area contributed by atoms with E-state index in [0.717, 1.165) is 10.7 Å². The SMILES string of the molecule is Cc1noc([C@@H](NCc2csc(C)n2)C(C)C)n1. The van der Waals surface area contributed by atoms with Gasteiger partial charge in [-0.1, -0.05) is 19.0 Å². The Balaban J connectivity index is 2.03. The number of hydrogen-bond donors (Lipinski definition) is 1. The van der Waals surface area contributed by atoms with Crippen LogP contribution in [-0.2, 0) is 6.54 Å². The Labute approximate surface area is 111 Å². The second-order valence-corrected chi connectivity index (χ2v) is 5.70. The molecule has 98 valence electrons. The molecule has 0 aliphatic rings. The summed E-state index contributed by atoms with van der Waals surface area (Å²) in [4.78, 5) is 8.72. The first-order valence-electron chi connectivity index (χ1n) is 6.01. The van der Waals surface area contributed by atoms with Crippen LogP contribution in [0.4, 0.5) is 0 Å². The van der Waals surface area contributed by atoms with Gasteiger partial charge >= 0.3 is 0 Å². The van der Waals surface area contributed by atoms with Crippen molar-refractivity contribution in [1.29, 1.82) is 0 Å². The molecule has 1 atom stereocenters. The Hall–Kier alpha value is -1.27. The maximum absolute atomic E-state index is 5.24. The predicted molar refractivity (Wildman–Crippen MR) is 70.3 cm³/mol. The number of nitrogens with zero attached hydrogens (tertiary/aromatic N) is 3. The third-order valence-corrected chi connectivity index (χ3v) is 3.47. The van der Waals surface area contributed by atoms with E-state index < -0.39 is 0 Å². The Morgan fingerprint density at radius 2 is 2.11 bits per heavy atom. The fourth-order valence-electron chi connectivity index (χ4n) is 1.75. The molecule has 0 spiro atoms. The largest absolute Gasteiger partial charge is 0.338 e. The quantitative estimate of drug-likeness (QED) is 0.901. The number of aryl methyl sites for hydroxylation is 2. The average Bonchev–Trinajstić information content (AvgIpc) is 2.88. The van der Waals surface area contributed by atoms with E-state index in [-0.39, 0.29) is 6.04 Å². The summed E-state index contributed by atoms with van der Waals surface area (Å²) in [6, 6.07) is 0.0632. The van der Waals surface area contributed by atoms with E-state index in [9.17, 15) is 0 Å². The summed E-state index contributed by atoms with van der Waals surface area (Å²) in [6.07, 6.45) is 0. The molecule has 0 radical (unpaired) electrons. The lowest BCUT2D eigenvalue weighted by Gasteiger charge is -2.17. The van der Waals surface area contributed by atoms with E-state index in [2.05, 4.69) is 39.7 Å². The highest BCUT2D eigenvalue weighted by Gasteiger charge is 2.21. The van der Waals surface area contributed by atoms with Crippen LogP contribution >= 0.6 is 11.3 Å². The molecule has 0 amide bonds. The highest BCUT2D eigenvalue weighted by atomic mass is 32.1. The Kier molecular flexibility index (Phi) is 4.08. The lowest BCUT2D eigenvalue weighted by molar-refractivity contribution is 0.286. The van der Waals surface area contributed by atoms with Crippen molar-refractivity contribution < 1.29 is 4.52 Å². The molecule has 0 fully saturated rings. The molecule has 1 N–H and O–H groups in total. The maximum atomic E-state index is 5.24. The summed E-state index contributed by atoms with van der Waals surface area (Å²) < 4.78 is 5.24. The zero-order chi connectivity index (χ0) is 13.1. The minimum absolute atomic E-state index is 0.0632. The summed E-state index contributed by atoms with van der Waals surface area (Å²) in [7, 11) is 0. The zero-order valence-corrected chi connectivity index (χ0v) is 11.9. The summed E-state index contributed by atoms with van der Waals surface area (Å²) in [5.74, 6) is 1.70. The highest BCUT2D eigenvalue weighted by molar-refractivity contribution is 7.09. The van der Waals surface area contributed by atoms with E-state index in [0.29, 0.717) is 24.2 Å². The third-order valence-electron chi connectivity index (χ3n) is 2.65. The van der Waals surface area contributed by atoms with Gasteiger partial charge in [0, 0.05) is 11.9 Å². The molecule has 0 aliphatic carbocycles. The Bertz CT molecular complexity index is 506. The summed E-state index contributed by atoms with van der Waals surface area (Å²) >= 11 is 1.66. The van der Waals surface area contributed by atoms with Crippen molar-refractivity contribution in [3.05, 3.63) is 27.8 Å². The van der Waals surface area contributed by atoms with E-state index in [4.69, 9.17) is 4.52 Å². The zero-order valence-electron chi connectivity index (χ0n) is 11.1. The highest BCUT2D eigenvalue weighted by Crippen LogP contribution is 2.20. The van der Waals surface area contributed by atoms with Crippen molar-refractivity contribution in [2.45, 2.75) is 40.3 Å². The molecular weight excluding hydrogens is 248 g/mol. The van der Waals surface area contributed by atoms with Gasteiger partial charge in [0.2, 0.25) is 5.89 Å². The smallest absolute Gasteiger partial charge is 0.244 e. The Morgan fingerprint density at radius 1 is 1.33 bits per heavy atom. The molecule has 0 bridgehead atoms. The molecular formula is C12H18N4OS. The second kappa shape index (κ2) is 5.58. The van der Waals surface area contributed by atoms with Crippen molar-refractivity contribution in [2.75, 3.05) is 0 Å². The summed E-state index contributed by atoms with van der Waals surface area (Å²) in [6.45, 7) is 8.81. The number of nitrogens with one attached hydrogen (secondary N) is 1. The van der Waals surface area contributed by atoms with Gasteiger partial charge in [0.1, 0.15) is 0 Å². The standard InChI is InChI=1S/C12H18N4OS/c1-7(2)11(12-14-8(3)16-17-12)13-5-10-6-18-9(4)15-10/h6-7,11,13H,5H2,1-4H3/t11-/m0/s1. The third kappa shape index (κ3) is 3.14. The molecule has 2 heterocycles. The summed E-state index contributed by atoms with van der Waals surface area (Å²) in [5, 5.41) is 10.4. The van der Waals surface area contributed by atoms with Crippen molar-refractivity contribution >= 4 is 11.3 Å². The lowest BCUT2D eigenvalue weighted by Crippen LogP contribution is -2.25. The van der Waals surface area contributed by atoms with Gasteiger partial charge in [-0.2, -0.15) is 4.98 Å². The molecule has 18 heavy (non-hydrogen) atoms. The van der Waals surface area contributed by atoms with Crippen LogP contribution in [0.2, 0.25) is 0 Å². The maximum Gasteiger partial charge on any atom is 0.244 e. The monoisotopic (exact) mass is 266 g/mol. The Morgan fingerprint density at radius 3 is 2.61 bits per heavy atom. The van der Waals surface area contributed by atoms with Gasteiger partial charge in [0.15, 0.2) is 5.82 Å². The molecule has 0 unspecified atom stereocenters. The van der Waals surface area contributed by atoms with Gasteiger partial charge in [-0.15, -0.1) is 11.3 Å². The van der Waals surface area contributed by atoms with Gasteiger partial charge < -0.3 is 4.52 Å². The van der Waals surface area contributed by atoms with Crippen LogP contribution in [0.5, 0.6) is 0 Å². The average molecular weight is 266 g/mol.